The molecule has 39 heavy (non-hydrogen) atoms. The Bertz CT molecular complexity index is 1420. The van der Waals surface area contributed by atoms with E-state index in [9.17, 15) is 0 Å². The molecule has 0 radical (unpaired) electrons. The van der Waals surface area contributed by atoms with Crippen LogP contribution in [0.25, 0.3) is 33.9 Å². The molecule has 2 aliphatic rings. The average molecular weight is 526 g/mol. The first-order chi connectivity index (χ1) is 19.0. The summed E-state index contributed by atoms with van der Waals surface area (Å²) in [5.41, 5.74) is 4.19. The lowest BCUT2D eigenvalue weighted by Crippen LogP contribution is -2.09. The Morgan fingerprint density at radius 3 is 1.69 bits per heavy atom. The number of benzene rings is 2. The molecule has 2 aliphatic carbocycles. The Kier molecular flexibility index (Phi) is 7.95. The van der Waals surface area contributed by atoms with Crippen molar-refractivity contribution >= 4 is 11.1 Å². The van der Waals surface area contributed by atoms with Gasteiger partial charge in [0.15, 0.2) is 11.6 Å². The van der Waals surface area contributed by atoms with Gasteiger partial charge in [0.25, 0.3) is 0 Å². The molecule has 0 spiro atoms. The lowest BCUT2D eigenvalue weighted by Gasteiger charge is -2.18. The van der Waals surface area contributed by atoms with E-state index in [1.54, 1.807) is 23.8 Å². The summed E-state index contributed by atoms with van der Waals surface area (Å²) in [7, 11) is 1.57. The van der Waals surface area contributed by atoms with E-state index in [4.69, 9.17) is 15.3 Å². The van der Waals surface area contributed by atoms with E-state index in [1.165, 1.54) is 12.1 Å². The highest BCUT2D eigenvalue weighted by molar-refractivity contribution is 5.72. The van der Waals surface area contributed by atoms with Gasteiger partial charge in [-0.3, -0.25) is 0 Å². The molecule has 0 saturated carbocycles. The lowest BCUT2D eigenvalue weighted by atomic mass is 9.87. The fourth-order valence-electron chi connectivity index (χ4n) is 5.32. The third-order valence-electron chi connectivity index (χ3n) is 7.62. The van der Waals surface area contributed by atoms with Gasteiger partial charge in [-0.2, -0.15) is 10.5 Å². The number of rotatable bonds is 7. The van der Waals surface area contributed by atoms with E-state index in [-0.39, 0.29) is 23.0 Å². The Morgan fingerprint density at radius 2 is 1.33 bits per heavy atom. The second kappa shape index (κ2) is 11.7. The first-order valence-corrected chi connectivity index (χ1v) is 13.2. The van der Waals surface area contributed by atoms with Crippen molar-refractivity contribution in [3.05, 3.63) is 71.3 Å². The molecule has 3 aromatic rings. The van der Waals surface area contributed by atoms with Crippen molar-refractivity contribution in [2.75, 3.05) is 13.7 Å². The molecule has 1 aromatic heterocycles. The molecule has 2 unspecified atom stereocenters. The number of nitriles is 2. The van der Waals surface area contributed by atoms with Crippen LogP contribution in [0.4, 0.5) is 8.78 Å². The molecule has 0 amide bonds. The van der Waals surface area contributed by atoms with Gasteiger partial charge in [-0.25, -0.2) is 8.78 Å². The molecule has 1 heterocycles. The fourth-order valence-corrected chi connectivity index (χ4v) is 5.32. The van der Waals surface area contributed by atoms with E-state index < -0.39 is 11.6 Å². The molecular weight excluding hydrogens is 496 g/mol. The maximum Gasteiger partial charge on any atom is 0.167 e. The number of nitrogens with zero attached hydrogens (tertiary/aromatic N) is 5. The van der Waals surface area contributed by atoms with Crippen molar-refractivity contribution in [2.45, 2.75) is 45.1 Å². The van der Waals surface area contributed by atoms with Gasteiger partial charge in [0.05, 0.1) is 41.7 Å². The van der Waals surface area contributed by atoms with Crippen molar-refractivity contribution in [1.29, 1.82) is 10.5 Å². The number of halogens is 2. The summed E-state index contributed by atoms with van der Waals surface area (Å²) in [5, 5.41) is 26.8. The topological polar surface area (TPSA) is 87.5 Å². The summed E-state index contributed by atoms with van der Waals surface area (Å²) < 4.78 is 37.8. The Balaban J connectivity index is 1.47. The van der Waals surface area contributed by atoms with Gasteiger partial charge in [0.1, 0.15) is 11.6 Å². The zero-order valence-corrected chi connectivity index (χ0v) is 21.8. The summed E-state index contributed by atoms with van der Waals surface area (Å²) in [6.07, 6.45) is 8.38. The monoisotopic (exact) mass is 525 g/mol. The molecule has 0 N–H and O–H groups in total. The van der Waals surface area contributed by atoms with Gasteiger partial charge in [0.2, 0.25) is 0 Å². The molecule has 2 atom stereocenters. The van der Waals surface area contributed by atoms with Crippen molar-refractivity contribution in [2.24, 2.45) is 11.8 Å². The summed E-state index contributed by atoms with van der Waals surface area (Å²) in [6, 6.07) is 14.7. The van der Waals surface area contributed by atoms with E-state index in [0.29, 0.717) is 37.6 Å². The minimum atomic E-state index is -0.441. The highest BCUT2D eigenvalue weighted by Gasteiger charge is 2.23. The smallest absolute Gasteiger partial charge is 0.167 e. The van der Waals surface area contributed by atoms with Gasteiger partial charge in [-0.1, -0.05) is 24.3 Å². The Morgan fingerprint density at radius 1 is 0.846 bits per heavy atom. The molecular formula is C31H29F2N5O. The van der Waals surface area contributed by atoms with Crippen molar-refractivity contribution in [3.8, 4) is 34.9 Å². The second-order valence-electron chi connectivity index (χ2n) is 10.0. The molecule has 5 rings (SSSR count). The number of ether oxygens (including phenoxy) is 1. The summed E-state index contributed by atoms with van der Waals surface area (Å²) in [4.78, 5) is 0. The molecule has 6 nitrogen and oxygen atoms in total. The van der Waals surface area contributed by atoms with Gasteiger partial charge in [0, 0.05) is 13.7 Å². The predicted molar refractivity (Wildman–Crippen MR) is 145 cm³/mol. The SMILES string of the molecule is COCCn1c(-c2ccc(C3=CCC(C#N)CC3)cc2F)nnc1-c1ccc(C2=CCC(C#N)CC2)cc1F. The average Bonchev–Trinajstić information content (AvgIpc) is 3.39. The Labute approximate surface area is 226 Å². The van der Waals surface area contributed by atoms with Crippen LogP contribution in [0.3, 0.4) is 0 Å². The normalized spacial score (nSPS) is 19.1. The van der Waals surface area contributed by atoms with Crippen molar-refractivity contribution in [1.82, 2.24) is 14.8 Å². The number of hydrogen-bond acceptors (Lipinski definition) is 5. The van der Waals surface area contributed by atoms with Crippen LogP contribution in [0, 0.1) is 46.1 Å². The minimum absolute atomic E-state index is 0.0143. The third-order valence-corrected chi connectivity index (χ3v) is 7.62. The number of allylic oxidation sites excluding steroid dienone is 4. The largest absolute Gasteiger partial charge is 0.383 e. The van der Waals surface area contributed by atoms with Crippen LogP contribution in [-0.4, -0.2) is 28.5 Å². The Hall–Kier alpha value is -4.14. The van der Waals surface area contributed by atoms with E-state index in [0.717, 1.165) is 48.0 Å². The molecule has 0 fully saturated rings. The first-order valence-electron chi connectivity index (χ1n) is 13.2. The highest BCUT2D eigenvalue weighted by Crippen LogP contribution is 2.35. The number of methoxy groups -OCH3 is 1. The molecule has 0 aliphatic heterocycles. The van der Waals surface area contributed by atoms with Crippen molar-refractivity contribution < 1.29 is 13.5 Å². The standard InChI is InChI=1S/C31H29F2N5O/c1-39-15-14-38-30(26-12-10-24(16-28(26)32)22-6-2-20(18-34)3-7-22)36-37-31(38)27-13-11-25(17-29(27)33)23-8-4-21(19-35)5-9-23/h6,8,10-13,16-17,20-21H,2-5,7,9,14-15H2,1H3. The lowest BCUT2D eigenvalue weighted by molar-refractivity contribution is 0.188. The van der Waals surface area contributed by atoms with Crippen molar-refractivity contribution in [3.63, 3.8) is 0 Å². The number of aromatic nitrogens is 3. The molecule has 0 saturated heterocycles. The predicted octanol–water partition coefficient (Wildman–Crippen LogP) is 6.95. The molecule has 2 aromatic carbocycles. The maximum atomic E-state index is 15.4. The summed E-state index contributed by atoms with van der Waals surface area (Å²) in [6.45, 7) is 0.634. The van der Waals surface area contributed by atoms with Gasteiger partial charge in [-0.15, -0.1) is 10.2 Å². The molecule has 198 valence electrons. The van der Waals surface area contributed by atoms with Crippen LogP contribution >= 0.6 is 0 Å². The van der Waals surface area contributed by atoms with Crippen LogP contribution in [-0.2, 0) is 11.3 Å². The number of hydrogen-bond donors (Lipinski definition) is 0. The zero-order chi connectivity index (χ0) is 27.4. The highest BCUT2D eigenvalue weighted by atomic mass is 19.1. The van der Waals surface area contributed by atoms with E-state index >= 15 is 8.78 Å². The van der Waals surface area contributed by atoms with Crippen LogP contribution in [0.5, 0.6) is 0 Å². The van der Waals surface area contributed by atoms with Gasteiger partial charge < -0.3 is 9.30 Å². The van der Waals surface area contributed by atoms with Crippen LogP contribution in [0.15, 0.2) is 48.6 Å². The second-order valence-corrected chi connectivity index (χ2v) is 10.0. The third kappa shape index (κ3) is 5.53. The summed E-state index contributed by atoms with van der Waals surface area (Å²) in [5.74, 6) is -0.252. The molecule has 0 bridgehead atoms. The van der Waals surface area contributed by atoms with E-state index in [2.05, 4.69) is 22.3 Å². The van der Waals surface area contributed by atoms with Crippen LogP contribution in [0.1, 0.15) is 49.7 Å². The zero-order valence-electron chi connectivity index (χ0n) is 21.8. The first kappa shape index (κ1) is 26.5. The van der Waals surface area contributed by atoms with Gasteiger partial charge >= 0.3 is 0 Å². The minimum Gasteiger partial charge on any atom is -0.383 e. The van der Waals surface area contributed by atoms with Crippen LogP contribution < -0.4 is 0 Å². The summed E-state index contributed by atoms with van der Waals surface area (Å²) >= 11 is 0. The quantitative estimate of drug-likeness (QED) is 0.333. The van der Waals surface area contributed by atoms with E-state index in [1.807, 2.05) is 24.3 Å². The van der Waals surface area contributed by atoms with Crippen LogP contribution in [0.2, 0.25) is 0 Å². The van der Waals surface area contributed by atoms with Gasteiger partial charge in [-0.05, 0) is 85.1 Å². The fraction of sp³-hybridized carbons (Fsp3) is 0.355. The maximum absolute atomic E-state index is 15.4. The molecule has 8 heteroatoms.